The number of carboxylic acids is 1. The van der Waals surface area contributed by atoms with Crippen LogP contribution in [0.2, 0.25) is 0 Å². The molecule has 0 spiro atoms. The predicted molar refractivity (Wildman–Crippen MR) is 77.3 cm³/mol. The number of aliphatic carboxylic acids is 1. The summed E-state index contributed by atoms with van der Waals surface area (Å²) in [6.07, 6.45) is 3.14. The summed E-state index contributed by atoms with van der Waals surface area (Å²) in [5.41, 5.74) is 1.94. The largest absolute Gasteiger partial charge is 0.481 e. The Balaban J connectivity index is 1.85. The van der Waals surface area contributed by atoms with Crippen LogP contribution in [0.4, 0.5) is 0 Å². The van der Waals surface area contributed by atoms with E-state index in [0.717, 1.165) is 18.4 Å². The average Bonchev–Trinajstić information content (AvgIpc) is 2.66. The third kappa shape index (κ3) is 3.48. The molecule has 0 fully saturated rings. The van der Waals surface area contributed by atoms with E-state index < -0.39 is 5.97 Å². The highest BCUT2D eigenvalue weighted by atomic mass is 16.4. The number of fused-ring (bicyclic) bond motifs is 1. The minimum atomic E-state index is -0.786. The van der Waals surface area contributed by atoms with E-state index in [1.54, 1.807) is 12.1 Å². The second-order valence-electron chi connectivity index (χ2n) is 5.37. The fourth-order valence-electron chi connectivity index (χ4n) is 2.51. The summed E-state index contributed by atoms with van der Waals surface area (Å²) >= 11 is 0. The van der Waals surface area contributed by atoms with Gasteiger partial charge in [-0.05, 0) is 31.9 Å². The Morgan fingerprint density at radius 3 is 2.43 bits per heavy atom. The number of benzene rings is 1. The van der Waals surface area contributed by atoms with Crippen LogP contribution < -0.4 is 0 Å². The van der Waals surface area contributed by atoms with Gasteiger partial charge in [0, 0.05) is 13.0 Å². The third-order valence-electron chi connectivity index (χ3n) is 3.65. The Kier molecular flexibility index (Phi) is 4.73. The van der Waals surface area contributed by atoms with Gasteiger partial charge in [-0.15, -0.1) is 0 Å². The summed E-state index contributed by atoms with van der Waals surface area (Å²) in [6, 6.07) is 5.29. The molecule has 1 aliphatic rings. The first-order valence-electron chi connectivity index (χ1n) is 7.19. The van der Waals surface area contributed by atoms with Crippen molar-refractivity contribution in [1.82, 2.24) is 4.90 Å². The van der Waals surface area contributed by atoms with Gasteiger partial charge in [0.25, 0.3) is 11.8 Å². The Hall–Kier alpha value is -2.17. The molecular weight excluding hydrogens is 270 g/mol. The van der Waals surface area contributed by atoms with Gasteiger partial charge in [0.15, 0.2) is 0 Å². The number of unbranched alkanes of at least 4 members (excludes halogenated alkanes) is 3. The fraction of sp³-hybridized carbons (Fsp3) is 0.438. The van der Waals surface area contributed by atoms with Gasteiger partial charge in [0.1, 0.15) is 0 Å². The molecule has 0 saturated carbocycles. The zero-order chi connectivity index (χ0) is 15.4. The highest BCUT2D eigenvalue weighted by Gasteiger charge is 2.34. The van der Waals surface area contributed by atoms with Crippen LogP contribution in [-0.2, 0) is 4.79 Å². The number of carbonyl (C=O) groups excluding carboxylic acids is 2. The number of carbonyl (C=O) groups is 3. The molecule has 1 N–H and O–H groups in total. The summed E-state index contributed by atoms with van der Waals surface area (Å²) in [5.74, 6) is -1.23. The Morgan fingerprint density at radius 1 is 1.05 bits per heavy atom. The first kappa shape index (κ1) is 15.2. The van der Waals surface area contributed by atoms with Gasteiger partial charge < -0.3 is 5.11 Å². The standard InChI is InChI=1S/C16H19NO4/c1-11-7-8-12-13(10-11)16(21)17(15(12)20)9-5-3-2-4-6-14(18)19/h7-8,10H,2-6,9H2,1H3,(H,18,19). The monoisotopic (exact) mass is 289 g/mol. The lowest BCUT2D eigenvalue weighted by Crippen LogP contribution is -2.30. The van der Waals surface area contributed by atoms with E-state index in [9.17, 15) is 14.4 Å². The number of aryl methyl sites for hydroxylation is 1. The van der Waals surface area contributed by atoms with E-state index in [1.165, 1.54) is 4.90 Å². The minimum absolute atomic E-state index is 0.173. The van der Waals surface area contributed by atoms with Crippen molar-refractivity contribution in [3.63, 3.8) is 0 Å². The molecule has 0 saturated heterocycles. The molecule has 2 amide bonds. The zero-order valence-corrected chi connectivity index (χ0v) is 12.1. The molecule has 1 aliphatic heterocycles. The van der Waals surface area contributed by atoms with Gasteiger partial charge in [-0.2, -0.15) is 0 Å². The van der Waals surface area contributed by atoms with Crippen LogP contribution in [0.25, 0.3) is 0 Å². The van der Waals surface area contributed by atoms with Gasteiger partial charge in [-0.1, -0.05) is 24.5 Å². The van der Waals surface area contributed by atoms with Crippen molar-refractivity contribution in [2.45, 2.75) is 39.0 Å². The van der Waals surface area contributed by atoms with Gasteiger partial charge in [0.05, 0.1) is 11.1 Å². The number of imide groups is 1. The molecule has 0 aromatic heterocycles. The Labute approximate surface area is 123 Å². The van der Waals surface area contributed by atoms with Crippen molar-refractivity contribution in [2.24, 2.45) is 0 Å². The molecule has 5 heteroatoms. The maximum Gasteiger partial charge on any atom is 0.303 e. The number of carboxylic acid groups (broad SMARTS) is 1. The van der Waals surface area contributed by atoms with Crippen LogP contribution in [0.3, 0.4) is 0 Å². The third-order valence-corrected chi connectivity index (χ3v) is 3.65. The first-order chi connectivity index (χ1) is 10.0. The molecule has 1 aromatic rings. The number of nitrogens with zero attached hydrogens (tertiary/aromatic N) is 1. The Morgan fingerprint density at radius 2 is 1.71 bits per heavy atom. The quantitative estimate of drug-likeness (QED) is 0.618. The van der Waals surface area contributed by atoms with Crippen LogP contribution in [0, 0.1) is 6.92 Å². The molecule has 0 aliphatic carbocycles. The van der Waals surface area contributed by atoms with Crippen LogP contribution in [0.5, 0.6) is 0 Å². The fourth-order valence-corrected chi connectivity index (χ4v) is 2.51. The minimum Gasteiger partial charge on any atom is -0.481 e. The van der Waals surface area contributed by atoms with Crippen LogP contribution in [-0.4, -0.2) is 34.3 Å². The zero-order valence-electron chi connectivity index (χ0n) is 12.1. The molecule has 0 unspecified atom stereocenters. The van der Waals surface area contributed by atoms with E-state index >= 15 is 0 Å². The normalized spacial score (nSPS) is 13.7. The van der Waals surface area contributed by atoms with Crippen LogP contribution in [0.1, 0.15) is 58.4 Å². The second kappa shape index (κ2) is 6.52. The summed E-state index contributed by atoms with van der Waals surface area (Å²) in [6.45, 7) is 2.29. The molecule has 112 valence electrons. The van der Waals surface area contributed by atoms with E-state index in [2.05, 4.69) is 0 Å². The van der Waals surface area contributed by atoms with Crippen molar-refractivity contribution in [2.75, 3.05) is 6.54 Å². The van der Waals surface area contributed by atoms with Crippen LogP contribution in [0.15, 0.2) is 18.2 Å². The molecule has 2 rings (SSSR count). The topological polar surface area (TPSA) is 74.7 Å². The van der Waals surface area contributed by atoms with Gasteiger partial charge >= 0.3 is 5.97 Å². The van der Waals surface area contributed by atoms with Gasteiger partial charge in [-0.3, -0.25) is 19.3 Å². The number of amides is 2. The maximum atomic E-state index is 12.2. The highest BCUT2D eigenvalue weighted by molar-refractivity contribution is 6.21. The molecule has 5 nitrogen and oxygen atoms in total. The van der Waals surface area contributed by atoms with Crippen molar-refractivity contribution in [1.29, 1.82) is 0 Å². The lowest BCUT2D eigenvalue weighted by atomic mass is 10.1. The first-order valence-corrected chi connectivity index (χ1v) is 7.19. The van der Waals surface area contributed by atoms with E-state index in [0.29, 0.717) is 30.5 Å². The number of hydrogen-bond donors (Lipinski definition) is 1. The summed E-state index contributed by atoms with van der Waals surface area (Å²) < 4.78 is 0. The number of rotatable bonds is 7. The van der Waals surface area contributed by atoms with Crippen LogP contribution >= 0.6 is 0 Å². The van der Waals surface area contributed by atoms with E-state index in [4.69, 9.17) is 5.11 Å². The molecule has 0 atom stereocenters. The van der Waals surface area contributed by atoms with Gasteiger partial charge in [-0.25, -0.2) is 0 Å². The molecule has 0 radical (unpaired) electrons. The van der Waals surface area contributed by atoms with E-state index in [-0.39, 0.29) is 18.2 Å². The van der Waals surface area contributed by atoms with E-state index in [1.807, 2.05) is 13.0 Å². The van der Waals surface area contributed by atoms with Crippen molar-refractivity contribution < 1.29 is 19.5 Å². The average molecular weight is 289 g/mol. The number of hydrogen-bond acceptors (Lipinski definition) is 3. The SMILES string of the molecule is Cc1ccc2c(c1)C(=O)N(CCCCCCC(=O)O)C2=O. The Bertz CT molecular complexity index is 580. The van der Waals surface area contributed by atoms with Crippen molar-refractivity contribution in [3.05, 3.63) is 34.9 Å². The molecule has 21 heavy (non-hydrogen) atoms. The highest BCUT2D eigenvalue weighted by Crippen LogP contribution is 2.24. The van der Waals surface area contributed by atoms with Crippen molar-refractivity contribution in [3.8, 4) is 0 Å². The van der Waals surface area contributed by atoms with Gasteiger partial charge in [0.2, 0.25) is 0 Å². The lowest BCUT2D eigenvalue weighted by molar-refractivity contribution is -0.137. The lowest BCUT2D eigenvalue weighted by Gasteiger charge is -2.13. The molecule has 1 aromatic carbocycles. The summed E-state index contributed by atoms with van der Waals surface area (Å²) in [7, 11) is 0. The molecule has 1 heterocycles. The smallest absolute Gasteiger partial charge is 0.303 e. The summed E-state index contributed by atoms with van der Waals surface area (Å²) in [5, 5.41) is 8.54. The maximum absolute atomic E-state index is 12.2. The predicted octanol–water partition coefficient (Wildman–Crippen LogP) is 2.63. The second-order valence-corrected chi connectivity index (χ2v) is 5.37. The molecule has 0 bridgehead atoms. The molecular formula is C16H19NO4. The van der Waals surface area contributed by atoms with Crippen molar-refractivity contribution >= 4 is 17.8 Å². The summed E-state index contributed by atoms with van der Waals surface area (Å²) in [4.78, 5) is 36.0.